The number of aliphatic hydroxyl groups is 11. The van der Waals surface area contributed by atoms with Crippen LogP contribution in [0.15, 0.2) is 24.3 Å². The second-order valence-electron chi connectivity index (χ2n) is 21.8. The molecular formula is C58H107NO18. The summed E-state index contributed by atoms with van der Waals surface area (Å²) in [5.41, 5.74) is 0. The third-order valence-corrected chi connectivity index (χ3v) is 15.3. The Morgan fingerprint density at radius 3 is 1.30 bits per heavy atom. The molecule has 3 aliphatic heterocycles. The monoisotopic (exact) mass is 1110 g/mol. The SMILES string of the molecule is CCCCCC/C=C/CC/C=C/C(O)C(COC1OC(CO)C(OC2OC(CO)C(OC3OC(CO)C(O)C(O)C3O)C(O)C2O)C(O)C1O)NC(=O)CCCCCCCCCCCCCCCCCCCCCCCC. The van der Waals surface area contributed by atoms with Crippen molar-refractivity contribution < 1.29 is 89.4 Å². The largest absolute Gasteiger partial charge is 0.394 e. The van der Waals surface area contributed by atoms with Gasteiger partial charge < -0.3 is 89.9 Å². The van der Waals surface area contributed by atoms with Crippen LogP contribution >= 0.6 is 0 Å². The van der Waals surface area contributed by atoms with Gasteiger partial charge in [0.15, 0.2) is 18.9 Å². The molecule has 0 aromatic carbocycles. The zero-order valence-corrected chi connectivity index (χ0v) is 46.9. The van der Waals surface area contributed by atoms with Gasteiger partial charge in [-0.3, -0.25) is 4.79 Å². The Kier molecular flexibility index (Phi) is 38.1. The molecule has 0 aromatic heterocycles. The van der Waals surface area contributed by atoms with Crippen molar-refractivity contribution in [3.63, 3.8) is 0 Å². The lowest BCUT2D eigenvalue weighted by Gasteiger charge is -2.48. The molecule has 0 spiro atoms. The van der Waals surface area contributed by atoms with Crippen LogP contribution in [0.3, 0.4) is 0 Å². The molecule has 17 unspecified atom stereocenters. The van der Waals surface area contributed by atoms with Crippen LogP contribution in [0.25, 0.3) is 0 Å². The number of amides is 1. The fraction of sp³-hybridized carbons (Fsp3) is 0.914. The van der Waals surface area contributed by atoms with Crippen LogP contribution in [-0.4, -0.2) is 193 Å². The summed E-state index contributed by atoms with van der Waals surface area (Å²) in [7, 11) is 0. The fourth-order valence-electron chi connectivity index (χ4n) is 10.3. The number of hydrogen-bond donors (Lipinski definition) is 12. The van der Waals surface area contributed by atoms with E-state index in [1.807, 2.05) is 6.08 Å². The third-order valence-electron chi connectivity index (χ3n) is 15.3. The number of rotatable bonds is 44. The number of aliphatic hydroxyl groups excluding tert-OH is 11. The van der Waals surface area contributed by atoms with Crippen molar-refractivity contribution in [3.05, 3.63) is 24.3 Å². The van der Waals surface area contributed by atoms with Gasteiger partial charge in [-0.15, -0.1) is 0 Å². The molecule has 0 aromatic rings. The van der Waals surface area contributed by atoms with Gasteiger partial charge in [-0.2, -0.15) is 0 Å². The minimum absolute atomic E-state index is 0.240. The molecule has 3 fully saturated rings. The molecule has 0 radical (unpaired) electrons. The maximum atomic E-state index is 13.3. The van der Waals surface area contributed by atoms with E-state index in [-0.39, 0.29) is 18.9 Å². The first-order valence-electron chi connectivity index (χ1n) is 30.1. The quantitative estimate of drug-likeness (QED) is 0.0277. The highest BCUT2D eigenvalue weighted by atomic mass is 16.8. The van der Waals surface area contributed by atoms with Crippen molar-refractivity contribution in [1.29, 1.82) is 0 Å². The van der Waals surface area contributed by atoms with Gasteiger partial charge in [-0.25, -0.2) is 0 Å². The number of carbonyl (C=O) groups is 1. The molecule has 12 N–H and O–H groups in total. The van der Waals surface area contributed by atoms with Gasteiger partial charge in [0.2, 0.25) is 5.91 Å². The molecule has 3 saturated heterocycles. The van der Waals surface area contributed by atoms with Gasteiger partial charge in [0.1, 0.15) is 73.2 Å². The highest BCUT2D eigenvalue weighted by molar-refractivity contribution is 5.76. The molecule has 0 aliphatic carbocycles. The molecule has 0 bridgehead atoms. The molecular weight excluding hydrogens is 999 g/mol. The highest BCUT2D eigenvalue weighted by Gasteiger charge is 2.53. The first-order chi connectivity index (χ1) is 37.3. The molecule has 19 nitrogen and oxygen atoms in total. The van der Waals surface area contributed by atoms with E-state index >= 15 is 0 Å². The Balaban J connectivity index is 1.45. The van der Waals surface area contributed by atoms with Crippen LogP contribution in [0.1, 0.15) is 206 Å². The van der Waals surface area contributed by atoms with Crippen LogP contribution in [-0.2, 0) is 33.2 Å². The van der Waals surface area contributed by atoms with E-state index in [9.17, 15) is 61.0 Å². The number of allylic oxidation sites excluding steroid dienone is 3. The lowest BCUT2D eigenvalue weighted by Crippen LogP contribution is -2.66. The first kappa shape index (κ1) is 69.5. The number of ether oxygens (including phenoxy) is 6. The normalized spacial score (nSPS) is 30.8. The predicted molar refractivity (Wildman–Crippen MR) is 291 cm³/mol. The minimum atomic E-state index is -1.98. The molecule has 3 heterocycles. The van der Waals surface area contributed by atoms with Crippen molar-refractivity contribution in [2.75, 3.05) is 26.4 Å². The standard InChI is InChI=1S/C58H107NO18/c1-3-5-7-9-11-13-15-16-17-18-19-20-21-22-23-24-25-26-28-30-32-34-36-46(64)59-41(42(63)35-33-31-29-27-14-12-10-8-6-4-2)40-72-56-52(70)49(67)54(44(38-61)74-56)77-58-53(71)50(68)55(45(39-62)75-58)76-57-51(69)48(66)47(65)43(37-60)73-57/h14,27,33,35,41-45,47-58,60-63,65-71H,3-13,15-26,28-32,34,36-40H2,1-2H3,(H,59,64)/b27-14+,35-33+. The van der Waals surface area contributed by atoms with Gasteiger partial charge in [-0.1, -0.05) is 192 Å². The summed E-state index contributed by atoms with van der Waals surface area (Å²) in [6, 6.07) is -0.983. The van der Waals surface area contributed by atoms with Gasteiger partial charge >= 0.3 is 0 Å². The summed E-state index contributed by atoms with van der Waals surface area (Å²) in [6.45, 7) is 1.66. The Morgan fingerprint density at radius 1 is 0.455 bits per heavy atom. The van der Waals surface area contributed by atoms with Gasteiger partial charge in [0, 0.05) is 6.42 Å². The Hall–Kier alpha value is -1.73. The van der Waals surface area contributed by atoms with Gasteiger partial charge in [-0.05, 0) is 32.1 Å². The summed E-state index contributed by atoms with van der Waals surface area (Å²) >= 11 is 0. The average Bonchev–Trinajstić information content (AvgIpc) is 3.44. The molecule has 3 rings (SSSR count). The molecule has 17 atom stereocenters. The molecule has 0 saturated carbocycles. The maximum Gasteiger partial charge on any atom is 0.220 e. The second kappa shape index (κ2) is 42.1. The Bertz CT molecular complexity index is 1510. The van der Waals surface area contributed by atoms with E-state index in [1.165, 1.54) is 135 Å². The van der Waals surface area contributed by atoms with E-state index in [0.717, 1.165) is 38.5 Å². The number of unbranched alkanes of at least 4 members (excludes halogenated alkanes) is 26. The van der Waals surface area contributed by atoms with Crippen molar-refractivity contribution in [1.82, 2.24) is 5.32 Å². The van der Waals surface area contributed by atoms with Gasteiger partial charge in [0.25, 0.3) is 0 Å². The van der Waals surface area contributed by atoms with Crippen molar-refractivity contribution in [3.8, 4) is 0 Å². The smallest absolute Gasteiger partial charge is 0.220 e. The van der Waals surface area contributed by atoms with Crippen molar-refractivity contribution in [2.45, 2.75) is 311 Å². The lowest BCUT2D eigenvalue weighted by atomic mass is 9.96. The minimum Gasteiger partial charge on any atom is -0.394 e. The number of hydrogen-bond acceptors (Lipinski definition) is 18. The van der Waals surface area contributed by atoms with Crippen LogP contribution in [0.5, 0.6) is 0 Å². The van der Waals surface area contributed by atoms with Crippen LogP contribution < -0.4 is 5.32 Å². The van der Waals surface area contributed by atoms with E-state index in [0.29, 0.717) is 12.8 Å². The summed E-state index contributed by atoms with van der Waals surface area (Å²) in [4.78, 5) is 13.3. The zero-order valence-electron chi connectivity index (χ0n) is 46.9. The number of nitrogens with one attached hydrogen (secondary N) is 1. The van der Waals surface area contributed by atoms with Crippen molar-refractivity contribution >= 4 is 5.91 Å². The Morgan fingerprint density at radius 2 is 0.831 bits per heavy atom. The van der Waals surface area contributed by atoms with Crippen LogP contribution in [0, 0.1) is 0 Å². The predicted octanol–water partition coefficient (Wildman–Crippen LogP) is 5.15. The lowest BCUT2D eigenvalue weighted by molar-refractivity contribution is -0.379. The zero-order chi connectivity index (χ0) is 56.2. The maximum absolute atomic E-state index is 13.3. The summed E-state index contributed by atoms with van der Waals surface area (Å²) in [5.74, 6) is -0.285. The van der Waals surface area contributed by atoms with Crippen LogP contribution in [0.4, 0.5) is 0 Å². The second-order valence-corrected chi connectivity index (χ2v) is 21.8. The molecule has 19 heteroatoms. The molecule has 1 amide bonds. The summed E-state index contributed by atoms with van der Waals surface area (Å²) in [6.07, 6.45) is 16.2. The summed E-state index contributed by atoms with van der Waals surface area (Å²) in [5, 5.41) is 120. The Labute approximate surface area is 460 Å². The van der Waals surface area contributed by atoms with Crippen molar-refractivity contribution in [2.24, 2.45) is 0 Å². The van der Waals surface area contributed by atoms with Gasteiger partial charge in [0.05, 0.1) is 38.6 Å². The van der Waals surface area contributed by atoms with E-state index in [1.54, 1.807) is 6.08 Å². The molecule has 452 valence electrons. The fourth-order valence-corrected chi connectivity index (χ4v) is 10.3. The number of carbonyl (C=O) groups excluding carboxylic acids is 1. The molecule has 3 aliphatic rings. The van der Waals surface area contributed by atoms with E-state index in [2.05, 4.69) is 31.3 Å². The molecule has 77 heavy (non-hydrogen) atoms. The summed E-state index contributed by atoms with van der Waals surface area (Å²) < 4.78 is 34.2. The van der Waals surface area contributed by atoms with E-state index in [4.69, 9.17) is 28.4 Å². The van der Waals surface area contributed by atoms with E-state index < -0.39 is 124 Å². The topological polar surface area (TPSA) is 307 Å². The third kappa shape index (κ3) is 26.4. The van der Waals surface area contributed by atoms with Crippen LogP contribution in [0.2, 0.25) is 0 Å². The highest BCUT2D eigenvalue weighted by Crippen LogP contribution is 2.33. The first-order valence-corrected chi connectivity index (χ1v) is 30.1. The average molecular weight is 1110 g/mol.